The minimum Gasteiger partial charge on any atom is -0.493 e. The SMILES string of the molecule is CC(C)CC1CC=C(C(CCc2ccc(NC(=O)c3ccccc3OCCCC(=O)O)cc2)C(C)C)CC1. The number of carbonyl (C=O) groups is 2. The molecule has 2 N–H and O–H groups in total. The molecule has 2 unspecified atom stereocenters. The van der Waals surface area contributed by atoms with Crippen LogP contribution < -0.4 is 10.1 Å². The number of allylic oxidation sites excluding steroid dienone is 2. The van der Waals surface area contributed by atoms with E-state index in [1.807, 2.05) is 12.1 Å². The molecule has 5 nitrogen and oxygen atoms in total. The maximum absolute atomic E-state index is 12.9. The molecule has 0 heterocycles. The molecule has 0 aromatic heterocycles. The normalized spacial score (nSPS) is 16.3. The highest BCUT2D eigenvalue weighted by molar-refractivity contribution is 6.06. The smallest absolute Gasteiger partial charge is 0.303 e. The molecule has 2 atom stereocenters. The van der Waals surface area contributed by atoms with E-state index < -0.39 is 5.97 Å². The number of carbonyl (C=O) groups excluding carboxylic acids is 1. The minimum atomic E-state index is -0.857. The van der Waals surface area contributed by atoms with Gasteiger partial charge < -0.3 is 15.2 Å². The summed E-state index contributed by atoms with van der Waals surface area (Å²) in [5, 5.41) is 11.8. The molecule has 206 valence electrons. The fourth-order valence-electron chi connectivity index (χ4n) is 5.53. The van der Waals surface area contributed by atoms with Gasteiger partial charge in [0.2, 0.25) is 0 Å². The summed E-state index contributed by atoms with van der Waals surface area (Å²) in [5.41, 5.74) is 4.12. The van der Waals surface area contributed by atoms with Crippen LogP contribution in [-0.4, -0.2) is 23.6 Å². The van der Waals surface area contributed by atoms with Gasteiger partial charge in [-0.15, -0.1) is 0 Å². The van der Waals surface area contributed by atoms with Crippen molar-refractivity contribution in [3.63, 3.8) is 0 Å². The van der Waals surface area contributed by atoms with Crippen LogP contribution in [0.25, 0.3) is 0 Å². The van der Waals surface area contributed by atoms with Gasteiger partial charge in [0.25, 0.3) is 5.91 Å². The number of benzene rings is 2. The molecule has 0 spiro atoms. The van der Waals surface area contributed by atoms with Crippen LogP contribution in [0.4, 0.5) is 5.69 Å². The quantitative estimate of drug-likeness (QED) is 0.195. The van der Waals surface area contributed by atoms with Gasteiger partial charge in [0.1, 0.15) is 5.75 Å². The Morgan fingerprint density at radius 1 is 1.05 bits per heavy atom. The van der Waals surface area contributed by atoms with Crippen LogP contribution in [0.5, 0.6) is 5.75 Å². The van der Waals surface area contributed by atoms with Crippen molar-refractivity contribution in [2.24, 2.45) is 23.7 Å². The first-order valence-electron chi connectivity index (χ1n) is 14.3. The minimum absolute atomic E-state index is 0.0367. The Hall–Kier alpha value is -3.08. The summed E-state index contributed by atoms with van der Waals surface area (Å²) in [4.78, 5) is 23.6. The predicted molar refractivity (Wildman–Crippen MR) is 155 cm³/mol. The first kappa shape index (κ1) is 29.5. The van der Waals surface area contributed by atoms with Crippen molar-refractivity contribution in [1.29, 1.82) is 0 Å². The topological polar surface area (TPSA) is 75.6 Å². The van der Waals surface area contributed by atoms with Crippen LogP contribution in [0.2, 0.25) is 0 Å². The number of ether oxygens (including phenoxy) is 1. The third kappa shape index (κ3) is 9.34. The molecule has 2 aromatic rings. The van der Waals surface area contributed by atoms with Gasteiger partial charge in [0, 0.05) is 12.1 Å². The lowest BCUT2D eigenvalue weighted by Gasteiger charge is -2.30. The zero-order chi connectivity index (χ0) is 27.5. The molecule has 1 aliphatic rings. The fourth-order valence-corrected chi connectivity index (χ4v) is 5.53. The molecule has 2 aromatic carbocycles. The lowest BCUT2D eigenvalue weighted by atomic mass is 9.75. The number of nitrogens with one attached hydrogen (secondary N) is 1. The summed E-state index contributed by atoms with van der Waals surface area (Å²) in [5.74, 6) is 2.25. The highest BCUT2D eigenvalue weighted by Crippen LogP contribution is 2.36. The number of aliphatic carboxylic acids is 1. The van der Waals surface area contributed by atoms with Crippen molar-refractivity contribution < 1.29 is 19.4 Å². The standard InChI is InChI=1S/C33H45NO4/c1-23(2)22-26-11-16-27(17-12-26)29(24(3)4)20-15-25-13-18-28(19-14-25)34-33(37)30-8-5-6-9-31(30)38-21-7-10-32(35)36/h5-6,8-9,13-14,16,18-19,23-24,26,29H,7,10-12,15,17,20-22H2,1-4H3,(H,34,37)(H,35,36). The van der Waals surface area contributed by atoms with Crippen LogP contribution in [0.15, 0.2) is 60.2 Å². The molecule has 5 heteroatoms. The molecule has 0 bridgehead atoms. The molecule has 0 radical (unpaired) electrons. The average molecular weight is 520 g/mol. The second-order valence-electron chi connectivity index (χ2n) is 11.4. The number of carboxylic acid groups (broad SMARTS) is 1. The Kier molecular flexibility index (Phi) is 11.4. The maximum atomic E-state index is 12.9. The molecule has 0 aliphatic heterocycles. The van der Waals surface area contributed by atoms with Crippen LogP contribution in [-0.2, 0) is 11.2 Å². The monoisotopic (exact) mass is 519 g/mol. The third-order valence-corrected chi connectivity index (χ3v) is 7.52. The van der Waals surface area contributed by atoms with Gasteiger partial charge in [-0.25, -0.2) is 0 Å². The summed E-state index contributed by atoms with van der Waals surface area (Å²) < 4.78 is 5.68. The molecule has 0 saturated carbocycles. The lowest BCUT2D eigenvalue weighted by Crippen LogP contribution is -2.18. The van der Waals surface area contributed by atoms with Crippen LogP contribution >= 0.6 is 0 Å². The van der Waals surface area contributed by atoms with E-state index in [9.17, 15) is 9.59 Å². The van der Waals surface area contributed by atoms with E-state index in [-0.39, 0.29) is 18.9 Å². The van der Waals surface area contributed by atoms with Crippen molar-refractivity contribution in [3.05, 3.63) is 71.3 Å². The summed E-state index contributed by atoms with van der Waals surface area (Å²) in [6.07, 6.45) is 10.3. The Balaban J connectivity index is 1.54. The summed E-state index contributed by atoms with van der Waals surface area (Å²) in [6, 6.07) is 15.2. The third-order valence-electron chi connectivity index (χ3n) is 7.52. The molecule has 0 fully saturated rings. The van der Waals surface area contributed by atoms with Crippen molar-refractivity contribution in [1.82, 2.24) is 0 Å². The fraction of sp³-hybridized carbons (Fsp3) is 0.515. The number of hydrogen-bond donors (Lipinski definition) is 2. The van der Waals surface area contributed by atoms with E-state index >= 15 is 0 Å². The molecule has 38 heavy (non-hydrogen) atoms. The average Bonchev–Trinajstić information content (AvgIpc) is 2.88. The van der Waals surface area contributed by atoms with Crippen LogP contribution in [0, 0.1) is 23.7 Å². The summed E-state index contributed by atoms with van der Waals surface area (Å²) in [7, 11) is 0. The number of aryl methyl sites for hydroxylation is 1. The number of carboxylic acids is 1. The van der Waals surface area contributed by atoms with E-state index in [4.69, 9.17) is 9.84 Å². The van der Waals surface area contributed by atoms with Gasteiger partial charge in [-0.1, -0.05) is 63.6 Å². The van der Waals surface area contributed by atoms with Crippen molar-refractivity contribution in [2.75, 3.05) is 11.9 Å². The highest BCUT2D eigenvalue weighted by atomic mass is 16.5. The van der Waals surface area contributed by atoms with Crippen molar-refractivity contribution >= 4 is 17.6 Å². The van der Waals surface area contributed by atoms with E-state index in [2.05, 4.69) is 51.2 Å². The first-order valence-corrected chi connectivity index (χ1v) is 14.3. The Morgan fingerprint density at radius 2 is 1.79 bits per heavy atom. The van der Waals surface area contributed by atoms with Gasteiger partial charge >= 0.3 is 5.97 Å². The zero-order valence-electron chi connectivity index (χ0n) is 23.5. The molecule has 1 amide bonds. The largest absolute Gasteiger partial charge is 0.493 e. The lowest BCUT2D eigenvalue weighted by molar-refractivity contribution is -0.137. The second kappa shape index (κ2) is 14.8. The van der Waals surface area contributed by atoms with Crippen LogP contribution in [0.3, 0.4) is 0 Å². The Labute approximate surface area is 228 Å². The van der Waals surface area contributed by atoms with E-state index in [1.54, 1.807) is 29.8 Å². The van der Waals surface area contributed by atoms with Crippen LogP contribution in [0.1, 0.15) is 88.6 Å². The number of anilines is 1. The number of para-hydroxylation sites is 1. The number of hydrogen-bond acceptors (Lipinski definition) is 3. The second-order valence-corrected chi connectivity index (χ2v) is 11.4. The molecule has 3 rings (SSSR count). The van der Waals surface area contributed by atoms with Gasteiger partial charge in [-0.3, -0.25) is 9.59 Å². The van der Waals surface area contributed by atoms with Crippen molar-refractivity contribution in [2.45, 2.75) is 79.1 Å². The van der Waals surface area contributed by atoms with E-state index in [0.29, 0.717) is 29.6 Å². The molecule has 0 saturated heterocycles. The summed E-state index contributed by atoms with van der Waals surface area (Å²) in [6.45, 7) is 9.59. The van der Waals surface area contributed by atoms with Gasteiger partial charge in [-0.2, -0.15) is 0 Å². The Bertz CT molecular complexity index is 1070. The molecule has 1 aliphatic carbocycles. The Morgan fingerprint density at radius 3 is 2.42 bits per heavy atom. The number of rotatable bonds is 14. The van der Waals surface area contributed by atoms with Gasteiger partial charge in [0.15, 0.2) is 0 Å². The summed E-state index contributed by atoms with van der Waals surface area (Å²) >= 11 is 0. The maximum Gasteiger partial charge on any atom is 0.303 e. The van der Waals surface area contributed by atoms with Gasteiger partial charge in [-0.05, 0) is 98.4 Å². The highest BCUT2D eigenvalue weighted by Gasteiger charge is 2.23. The molecular weight excluding hydrogens is 474 g/mol. The molecular formula is C33H45NO4. The number of amides is 1. The predicted octanol–water partition coefficient (Wildman–Crippen LogP) is 8.16. The van der Waals surface area contributed by atoms with E-state index in [0.717, 1.165) is 30.4 Å². The van der Waals surface area contributed by atoms with Gasteiger partial charge in [0.05, 0.1) is 12.2 Å². The first-order chi connectivity index (χ1) is 18.2. The van der Waals surface area contributed by atoms with E-state index in [1.165, 1.54) is 31.2 Å². The van der Waals surface area contributed by atoms with Crippen molar-refractivity contribution in [3.8, 4) is 5.75 Å². The zero-order valence-corrected chi connectivity index (χ0v) is 23.5.